The number of benzene rings is 6. The number of amides is 3. The fourth-order valence-electron chi connectivity index (χ4n) is 11.2. The number of unbranched alkanes of at least 4 members (excludes halogenated alkanes) is 6. The monoisotopic (exact) mass is 1280 g/mol. The first-order chi connectivity index (χ1) is 45.3. The van der Waals surface area contributed by atoms with Crippen LogP contribution in [0.1, 0.15) is 132 Å². The van der Waals surface area contributed by atoms with Gasteiger partial charge in [-0.15, -0.1) is 0 Å². The zero-order chi connectivity index (χ0) is 65.3. The SMILES string of the molecule is C[C@@H]1O[C@@H](OCCCCCCNC(=O)CC[C@H](NC(=O)OC(C)(C)C)C(=O)NCCCCCCO[C@@H]2O[C@@H](C)[C@@H](OCc3ccccc3)[C@@H](OCc3ccccc3)[C@@H]2OCc2ccccc2)[C@@H](OCc2ccccc2)[C@H](OCc2ccccc2)[C@@H]1OCc1ccccc1. The Labute approximate surface area is 551 Å². The molecule has 6 aromatic carbocycles. The van der Waals surface area contributed by atoms with Gasteiger partial charge in [-0.25, -0.2) is 4.79 Å². The summed E-state index contributed by atoms with van der Waals surface area (Å²) in [4.78, 5) is 39.8. The van der Waals surface area contributed by atoms with Crippen LogP contribution in [-0.4, -0.2) is 117 Å². The van der Waals surface area contributed by atoms with Crippen LogP contribution < -0.4 is 16.0 Å². The van der Waals surface area contributed by atoms with Gasteiger partial charge in [0.2, 0.25) is 11.8 Å². The molecule has 2 aliphatic rings. The average molecular weight is 1280 g/mol. The van der Waals surface area contributed by atoms with Crippen LogP contribution in [0.25, 0.3) is 0 Å². The predicted octanol–water partition coefficient (Wildman–Crippen LogP) is 13.0. The number of hydrogen-bond acceptors (Lipinski definition) is 14. The summed E-state index contributed by atoms with van der Waals surface area (Å²) in [7, 11) is 0. The van der Waals surface area contributed by atoms with E-state index in [1.807, 2.05) is 196 Å². The number of nitrogens with one attached hydrogen (secondary N) is 3. The molecule has 502 valence electrons. The Morgan fingerprint density at radius 2 is 0.710 bits per heavy atom. The minimum absolute atomic E-state index is 0.0339. The topological polar surface area (TPSA) is 189 Å². The van der Waals surface area contributed by atoms with E-state index in [4.69, 9.17) is 52.1 Å². The molecule has 11 atom stereocenters. The van der Waals surface area contributed by atoms with Crippen molar-refractivity contribution in [3.05, 3.63) is 215 Å². The molecule has 0 saturated carbocycles. The Morgan fingerprint density at radius 1 is 0.398 bits per heavy atom. The summed E-state index contributed by atoms with van der Waals surface area (Å²) in [5.41, 5.74) is 5.42. The van der Waals surface area contributed by atoms with E-state index in [-0.39, 0.29) is 36.9 Å². The molecule has 17 heteroatoms. The fourth-order valence-corrected chi connectivity index (χ4v) is 11.2. The summed E-state index contributed by atoms with van der Waals surface area (Å²) in [5, 5.41) is 8.69. The normalized spacial score (nSPS) is 21.7. The number of rotatable bonds is 39. The molecule has 0 spiro atoms. The van der Waals surface area contributed by atoms with Crippen LogP contribution in [-0.2, 0) is 101 Å². The highest BCUT2D eigenvalue weighted by molar-refractivity contribution is 5.86. The summed E-state index contributed by atoms with van der Waals surface area (Å²) < 4.78 is 71.7. The Bertz CT molecular complexity index is 3000. The third-order valence-corrected chi connectivity index (χ3v) is 16.2. The molecule has 0 aliphatic carbocycles. The second kappa shape index (κ2) is 39.7. The molecule has 8 rings (SSSR count). The zero-order valence-electron chi connectivity index (χ0n) is 55.0. The second-order valence-corrected chi connectivity index (χ2v) is 24.9. The lowest BCUT2D eigenvalue weighted by atomic mass is 9.98. The van der Waals surface area contributed by atoms with E-state index in [2.05, 4.69) is 16.0 Å². The van der Waals surface area contributed by atoms with Crippen molar-refractivity contribution in [2.45, 2.75) is 212 Å². The Balaban J connectivity index is 0.758. The molecule has 0 radical (unpaired) electrons. The molecule has 17 nitrogen and oxygen atoms in total. The van der Waals surface area contributed by atoms with Crippen LogP contribution in [0.2, 0.25) is 0 Å². The van der Waals surface area contributed by atoms with Crippen molar-refractivity contribution < 1.29 is 66.5 Å². The maximum Gasteiger partial charge on any atom is 0.408 e. The molecule has 0 aromatic heterocycles. The summed E-state index contributed by atoms with van der Waals surface area (Å²) in [6, 6.07) is 59.3. The second-order valence-electron chi connectivity index (χ2n) is 24.9. The average Bonchev–Trinajstić information content (AvgIpc) is 0.841. The van der Waals surface area contributed by atoms with Gasteiger partial charge in [0.25, 0.3) is 0 Å². The van der Waals surface area contributed by atoms with Gasteiger partial charge in [-0.05, 0) is 100 Å². The number of hydrogen-bond donors (Lipinski definition) is 3. The predicted molar refractivity (Wildman–Crippen MR) is 356 cm³/mol. The number of carbonyl (C=O) groups is 3. The van der Waals surface area contributed by atoms with Crippen molar-refractivity contribution in [1.82, 2.24) is 16.0 Å². The van der Waals surface area contributed by atoms with Crippen molar-refractivity contribution in [3.63, 3.8) is 0 Å². The molecule has 3 N–H and O–H groups in total. The van der Waals surface area contributed by atoms with Crippen LogP contribution in [0.3, 0.4) is 0 Å². The Kier molecular flexibility index (Phi) is 30.8. The lowest BCUT2D eigenvalue weighted by Gasteiger charge is -2.45. The third kappa shape index (κ3) is 25.8. The molecule has 2 heterocycles. The molecule has 2 saturated heterocycles. The maximum absolute atomic E-state index is 13.6. The van der Waals surface area contributed by atoms with Gasteiger partial charge in [0, 0.05) is 32.7 Å². The van der Waals surface area contributed by atoms with Crippen LogP contribution in [0, 0.1) is 0 Å². The van der Waals surface area contributed by atoms with Gasteiger partial charge in [0.05, 0.1) is 51.8 Å². The molecule has 2 fully saturated rings. The summed E-state index contributed by atoms with van der Waals surface area (Å²) in [6.07, 6.45) is 0.474. The van der Waals surface area contributed by atoms with Gasteiger partial charge in [-0.2, -0.15) is 0 Å². The van der Waals surface area contributed by atoms with Gasteiger partial charge in [0.15, 0.2) is 12.6 Å². The van der Waals surface area contributed by atoms with Gasteiger partial charge >= 0.3 is 6.09 Å². The molecule has 3 amide bonds. The molecule has 93 heavy (non-hydrogen) atoms. The van der Waals surface area contributed by atoms with E-state index in [1.165, 1.54) is 0 Å². The van der Waals surface area contributed by atoms with Gasteiger partial charge in [-0.3, -0.25) is 9.59 Å². The minimum Gasteiger partial charge on any atom is -0.444 e. The number of alkyl carbamates (subject to hydrolysis) is 1. The van der Waals surface area contributed by atoms with Crippen LogP contribution >= 0.6 is 0 Å². The van der Waals surface area contributed by atoms with Crippen molar-refractivity contribution in [2.24, 2.45) is 0 Å². The van der Waals surface area contributed by atoms with E-state index in [1.54, 1.807) is 20.8 Å². The minimum atomic E-state index is -0.976. The van der Waals surface area contributed by atoms with E-state index >= 15 is 0 Å². The lowest BCUT2D eigenvalue weighted by molar-refractivity contribution is -0.320. The van der Waals surface area contributed by atoms with Gasteiger partial charge < -0.3 is 68.1 Å². The summed E-state index contributed by atoms with van der Waals surface area (Å²) in [6.45, 7) is 13.1. The molecule has 6 aromatic rings. The summed E-state index contributed by atoms with van der Waals surface area (Å²) >= 11 is 0. The first-order valence-corrected chi connectivity index (χ1v) is 33.4. The molecule has 0 bridgehead atoms. The quantitative estimate of drug-likeness (QED) is 0.0309. The standard InChI is InChI=1S/C76H99N3O14/c1-56-66(85-50-58-32-16-10-17-33-58)68(87-52-60-36-20-12-21-37-60)70(89-54-62-40-24-14-25-41-62)73(91-56)83-48-30-8-6-28-46-77-65(80)45-44-64(79-75(82)93-76(3,4)5)72(81)78-47-29-7-9-31-49-84-74-71(90-55-63-42-26-15-27-43-63)69(88-53-61-38-22-13-23-39-61)67(57(2)92-74)86-51-59-34-18-11-19-35-59/h10-27,32-43,56-57,64,66-71,73-74H,6-9,28-31,44-55H2,1-5H3,(H,77,80)(H,78,81)(H,79,82)/t56-,57-,64-,66+,67+,68+,69+,70-,71-,73+,74+/m0/s1. The third-order valence-electron chi connectivity index (χ3n) is 16.2. The molecular formula is C76H99N3O14. The van der Waals surface area contributed by atoms with E-state index < -0.39 is 66.9 Å². The van der Waals surface area contributed by atoms with Crippen molar-refractivity contribution in [3.8, 4) is 0 Å². The fraction of sp³-hybridized carbons (Fsp3) is 0.487. The lowest BCUT2D eigenvalue weighted by Crippen LogP contribution is -2.60. The van der Waals surface area contributed by atoms with Crippen LogP contribution in [0.15, 0.2) is 182 Å². The maximum atomic E-state index is 13.6. The van der Waals surface area contributed by atoms with Crippen LogP contribution in [0.4, 0.5) is 4.79 Å². The highest BCUT2D eigenvalue weighted by Crippen LogP contribution is 2.33. The Hall–Kier alpha value is -6.87. The Morgan fingerprint density at radius 3 is 1.05 bits per heavy atom. The summed E-state index contributed by atoms with van der Waals surface area (Å²) in [5.74, 6) is -0.592. The molecule has 0 unspecified atom stereocenters. The highest BCUT2D eigenvalue weighted by atomic mass is 16.7. The molecule has 2 aliphatic heterocycles. The van der Waals surface area contributed by atoms with Gasteiger partial charge in [0.1, 0.15) is 48.3 Å². The largest absolute Gasteiger partial charge is 0.444 e. The van der Waals surface area contributed by atoms with E-state index in [9.17, 15) is 14.4 Å². The van der Waals surface area contributed by atoms with E-state index in [0.29, 0.717) is 72.4 Å². The van der Waals surface area contributed by atoms with Crippen molar-refractivity contribution in [1.29, 1.82) is 0 Å². The number of ether oxygens (including phenoxy) is 11. The smallest absolute Gasteiger partial charge is 0.408 e. The highest BCUT2D eigenvalue weighted by Gasteiger charge is 2.49. The molecular weight excluding hydrogens is 1180 g/mol. The van der Waals surface area contributed by atoms with Crippen molar-refractivity contribution >= 4 is 17.9 Å². The van der Waals surface area contributed by atoms with Crippen molar-refractivity contribution in [2.75, 3.05) is 26.3 Å². The first kappa shape index (κ1) is 72.0. The first-order valence-electron chi connectivity index (χ1n) is 33.4. The van der Waals surface area contributed by atoms with Crippen LogP contribution in [0.5, 0.6) is 0 Å². The van der Waals surface area contributed by atoms with E-state index in [0.717, 1.165) is 78.3 Å². The zero-order valence-corrected chi connectivity index (χ0v) is 55.0. The number of carbonyl (C=O) groups excluding carboxylic acids is 3. The van der Waals surface area contributed by atoms with Gasteiger partial charge in [-0.1, -0.05) is 208 Å².